The minimum absolute atomic E-state index is 0.272. The van der Waals surface area contributed by atoms with Crippen LogP contribution >= 0.6 is 11.3 Å². The quantitative estimate of drug-likeness (QED) is 0.781. The third kappa shape index (κ3) is 3.17. The molecule has 2 N–H and O–H groups in total. The van der Waals surface area contributed by atoms with Gasteiger partial charge in [0.1, 0.15) is 4.88 Å². The fourth-order valence-corrected chi connectivity index (χ4v) is 2.38. The Hall–Kier alpha value is -1.14. The van der Waals surface area contributed by atoms with Gasteiger partial charge in [0.25, 0.3) is 0 Å². The van der Waals surface area contributed by atoms with Crippen molar-refractivity contribution in [3.05, 3.63) is 11.1 Å². The van der Waals surface area contributed by atoms with Gasteiger partial charge in [0.15, 0.2) is 5.13 Å². The number of hydrogen-bond acceptors (Lipinski definition) is 5. The van der Waals surface area contributed by atoms with Gasteiger partial charge >= 0.3 is 5.97 Å². The number of ether oxygens (including phenoxy) is 1. The normalized spacial score (nSPS) is 16.8. The number of carboxylic acids is 1. The second kappa shape index (κ2) is 5.01. The number of aromatic nitrogens is 1. The second-order valence-corrected chi connectivity index (χ2v) is 5.46. The lowest BCUT2D eigenvalue weighted by molar-refractivity contribution is 0.0702. The van der Waals surface area contributed by atoms with Crippen molar-refractivity contribution in [3.8, 4) is 0 Å². The van der Waals surface area contributed by atoms with Gasteiger partial charge in [-0.3, -0.25) is 0 Å². The molecule has 1 heterocycles. The number of carboxylic acid groups (broad SMARTS) is 1. The minimum atomic E-state index is -0.920. The van der Waals surface area contributed by atoms with E-state index in [4.69, 9.17) is 9.84 Å². The number of methoxy groups -OCH3 is 1. The van der Waals surface area contributed by atoms with Crippen molar-refractivity contribution in [2.24, 2.45) is 5.41 Å². The molecule has 0 saturated heterocycles. The first-order valence-electron chi connectivity index (χ1n) is 5.57. The lowest BCUT2D eigenvalue weighted by Crippen LogP contribution is -2.17. The molecule has 0 spiro atoms. The monoisotopic (exact) mass is 256 g/mol. The molecule has 1 fully saturated rings. The molecule has 1 aromatic heterocycles. The average Bonchev–Trinajstić information content (AvgIpc) is 2.91. The Kier molecular flexibility index (Phi) is 3.63. The number of hydrogen-bond donors (Lipinski definition) is 2. The molecule has 0 bridgehead atoms. The molecule has 0 aliphatic heterocycles. The third-order valence-electron chi connectivity index (χ3n) is 3.12. The van der Waals surface area contributed by atoms with Gasteiger partial charge in [-0.15, -0.1) is 0 Å². The van der Waals surface area contributed by atoms with Gasteiger partial charge in [0.05, 0.1) is 6.20 Å². The van der Waals surface area contributed by atoms with Crippen LogP contribution in [0.1, 0.15) is 28.9 Å². The number of nitrogens with one attached hydrogen (secondary N) is 1. The van der Waals surface area contributed by atoms with Crippen LogP contribution in [0.25, 0.3) is 0 Å². The van der Waals surface area contributed by atoms with Gasteiger partial charge in [0, 0.05) is 20.3 Å². The van der Waals surface area contributed by atoms with E-state index in [1.54, 1.807) is 7.11 Å². The highest BCUT2D eigenvalue weighted by Crippen LogP contribution is 2.48. The van der Waals surface area contributed by atoms with Crippen LogP contribution in [0.3, 0.4) is 0 Å². The van der Waals surface area contributed by atoms with E-state index in [0.29, 0.717) is 10.5 Å². The molecular formula is C11H16N2O3S. The molecule has 94 valence electrons. The molecule has 6 heteroatoms. The molecule has 0 aromatic carbocycles. The number of aromatic carboxylic acids is 1. The van der Waals surface area contributed by atoms with E-state index in [-0.39, 0.29) is 4.88 Å². The topological polar surface area (TPSA) is 71.5 Å². The smallest absolute Gasteiger partial charge is 0.347 e. The van der Waals surface area contributed by atoms with Crippen LogP contribution in [0.15, 0.2) is 6.20 Å². The first-order valence-corrected chi connectivity index (χ1v) is 6.39. The maximum atomic E-state index is 10.7. The summed E-state index contributed by atoms with van der Waals surface area (Å²) in [6.45, 7) is 1.63. The minimum Gasteiger partial charge on any atom is -0.477 e. The van der Waals surface area contributed by atoms with Crippen LogP contribution in [0.4, 0.5) is 5.13 Å². The summed E-state index contributed by atoms with van der Waals surface area (Å²) < 4.78 is 5.09. The van der Waals surface area contributed by atoms with E-state index >= 15 is 0 Å². The number of anilines is 1. The first kappa shape index (κ1) is 12.3. The highest BCUT2D eigenvalue weighted by Gasteiger charge is 2.41. The van der Waals surface area contributed by atoms with E-state index in [0.717, 1.165) is 19.6 Å². The molecule has 17 heavy (non-hydrogen) atoms. The Labute approximate surface area is 104 Å². The van der Waals surface area contributed by atoms with Crippen LogP contribution in [0.5, 0.6) is 0 Å². The van der Waals surface area contributed by atoms with Crippen molar-refractivity contribution in [1.29, 1.82) is 0 Å². The molecule has 1 aromatic rings. The average molecular weight is 256 g/mol. The van der Waals surface area contributed by atoms with Crippen molar-refractivity contribution < 1.29 is 14.6 Å². The zero-order valence-electron chi connectivity index (χ0n) is 9.73. The van der Waals surface area contributed by atoms with Crippen molar-refractivity contribution in [3.63, 3.8) is 0 Å². The Morgan fingerprint density at radius 1 is 1.71 bits per heavy atom. The third-order valence-corrected chi connectivity index (χ3v) is 4.07. The summed E-state index contributed by atoms with van der Waals surface area (Å²) in [5.74, 6) is -0.920. The lowest BCUT2D eigenvalue weighted by atomic mass is 10.0. The summed E-state index contributed by atoms with van der Waals surface area (Å²) in [5, 5.41) is 12.7. The van der Waals surface area contributed by atoms with E-state index < -0.39 is 5.97 Å². The Morgan fingerprint density at radius 3 is 3.00 bits per heavy atom. The van der Waals surface area contributed by atoms with Gasteiger partial charge < -0.3 is 15.2 Å². The number of nitrogens with zero attached hydrogens (tertiary/aromatic N) is 1. The molecule has 0 atom stereocenters. The summed E-state index contributed by atoms with van der Waals surface area (Å²) >= 11 is 1.18. The number of thiazole rings is 1. The Balaban J connectivity index is 1.83. The molecule has 5 nitrogen and oxygen atoms in total. The summed E-state index contributed by atoms with van der Waals surface area (Å²) in [4.78, 5) is 15.0. The van der Waals surface area contributed by atoms with Crippen molar-refractivity contribution >= 4 is 22.4 Å². The van der Waals surface area contributed by atoms with E-state index in [1.165, 1.54) is 30.4 Å². The summed E-state index contributed by atoms with van der Waals surface area (Å²) in [5.41, 5.74) is 0.338. The van der Waals surface area contributed by atoms with Crippen LogP contribution in [0, 0.1) is 5.41 Å². The predicted octanol–water partition coefficient (Wildman–Crippen LogP) is 2.07. The summed E-state index contributed by atoms with van der Waals surface area (Å²) in [6.07, 6.45) is 4.86. The largest absolute Gasteiger partial charge is 0.477 e. The second-order valence-electron chi connectivity index (χ2n) is 4.43. The molecule has 0 amide bonds. The van der Waals surface area contributed by atoms with Gasteiger partial charge in [-0.2, -0.15) is 0 Å². The predicted molar refractivity (Wildman–Crippen MR) is 65.7 cm³/mol. The molecule has 1 aliphatic rings. The highest BCUT2D eigenvalue weighted by molar-refractivity contribution is 7.17. The maximum absolute atomic E-state index is 10.7. The Bertz CT molecular complexity index is 401. The van der Waals surface area contributed by atoms with Crippen LogP contribution in [-0.4, -0.2) is 36.3 Å². The molecule has 0 radical (unpaired) electrons. The lowest BCUT2D eigenvalue weighted by Gasteiger charge is -2.14. The molecule has 2 rings (SSSR count). The van der Waals surface area contributed by atoms with Gasteiger partial charge in [-0.05, 0) is 24.7 Å². The van der Waals surface area contributed by atoms with Gasteiger partial charge in [-0.25, -0.2) is 9.78 Å². The summed E-state index contributed by atoms with van der Waals surface area (Å²) in [6, 6.07) is 0. The van der Waals surface area contributed by atoms with Crippen LogP contribution in [0.2, 0.25) is 0 Å². The van der Waals surface area contributed by atoms with Crippen molar-refractivity contribution in [1.82, 2.24) is 4.98 Å². The van der Waals surface area contributed by atoms with Gasteiger partial charge in [0.2, 0.25) is 0 Å². The molecular weight excluding hydrogens is 240 g/mol. The van der Waals surface area contributed by atoms with E-state index in [2.05, 4.69) is 10.3 Å². The standard InChI is InChI=1S/C11H16N2O3S/c1-16-5-4-11(2-3-11)7-13-10-12-6-8(17-10)9(14)15/h6H,2-5,7H2,1H3,(H,12,13)(H,14,15). The first-order chi connectivity index (χ1) is 8.15. The van der Waals surface area contributed by atoms with E-state index in [1.807, 2.05) is 0 Å². The number of carbonyl (C=O) groups is 1. The van der Waals surface area contributed by atoms with Crippen molar-refractivity contribution in [2.75, 3.05) is 25.6 Å². The van der Waals surface area contributed by atoms with Crippen molar-refractivity contribution in [2.45, 2.75) is 19.3 Å². The molecule has 1 saturated carbocycles. The fourth-order valence-electron chi connectivity index (χ4n) is 1.73. The number of rotatable bonds is 7. The van der Waals surface area contributed by atoms with Crippen LogP contribution in [-0.2, 0) is 4.74 Å². The zero-order chi connectivity index (χ0) is 12.3. The molecule has 0 unspecified atom stereocenters. The molecule has 1 aliphatic carbocycles. The zero-order valence-corrected chi connectivity index (χ0v) is 10.5. The highest BCUT2D eigenvalue weighted by atomic mass is 32.1. The van der Waals surface area contributed by atoms with Crippen LogP contribution < -0.4 is 5.32 Å². The fraction of sp³-hybridized carbons (Fsp3) is 0.636. The summed E-state index contributed by atoms with van der Waals surface area (Å²) in [7, 11) is 1.71. The maximum Gasteiger partial charge on any atom is 0.347 e. The Morgan fingerprint density at radius 2 is 2.47 bits per heavy atom. The van der Waals surface area contributed by atoms with Gasteiger partial charge in [-0.1, -0.05) is 11.3 Å². The SMILES string of the molecule is COCCC1(CNc2ncc(C(=O)O)s2)CC1. The van der Waals surface area contributed by atoms with E-state index in [9.17, 15) is 4.79 Å².